The van der Waals surface area contributed by atoms with Crippen molar-refractivity contribution >= 4 is 34.5 Å². The first-order valence-corrected chi connectivity index (χ1v) is 8.74. The van der Waals surface area contributed by atoms with E-state index in [0.717, 1.165) is 43.5 Å². The number of piperidine rings is 1. The summed E-state index contributed by atoms with van der Waals surface area (Å²) >= 11 is 2.48. The van der Waals surface area contributed by atoms with Crippen LogP contribution >= 0.6 is 23.5 Å². The molecule has 1 N–H and O–H groups in total. The van der Waals surface area contributed by atoms with Gasteiger partial charge in [-0.2, -0.15) is 0 Å². The standard InChI is InChI=1S/C13H17N3O2S2/c1-13(18)8-9(16-6-4-3-5-7-16)14-12(19-2)15-10(8)20-11(13)17/h18H,3-7H2,1-2H3. The molecule has 1 aromatic rings. The molecule has 7 heteroatoms. The molecule has 108 valence electrons. The number of carbonyl (C=O) groups excluding carboxylic acids is 1. The van der Waals surface area contributed by atoms with E-state index in [0.29, 0.717) is 15.7 Å². The highest BCUT2D eigenvalue weighted by Gasteiger charge is 2.46. The molecule has 0 aliphatic carbocycles. The van der Waals surface area contributed by atoms with Crippen molar-refractivity contribution in [3.63, 3.8) is 0 Å². The fourth-order valence-electron chi connectivity index (χ4n) is 2.62. The Morgan fingerprint density at radius 3 is 2.65 bits per heavy atom. The summed E-state index contributed by atoms with van der Waals surface area (Å²) < 4.78 is 0. The van der Waals surface area contributed by atoms with Gasteiger partial charge >= 0.3 is 0 Å². The van der Waals surface area contributed by atoms with Crippen LogP contribution in [0.5, 0.6) is 0 Å². The maximum Gasteiger partial charge on any atom is 0.231 e. The first kappa shape index (κ1) is 14.2. The topological polar surface area (TPSA) is 66.3 Å². The molecule has 5 nitrogen and oxygen atoms in total. The molecule has 3 heterocycles. The SMILES string of the molecule is CSc1nc2c(c(N3CCCCC3)n1)C(C)(O)C(=O)S2. The molecule has 1 unspecified atom stereocenters. The van der Waals surface area contributed by atoms with E-state index in [4.69, 9.17) is 0 Å². The van der Waals surface area contributed by atoms with E-state index in [1.165, 1.54) is 18.2 Å². The lowest BCUT2D eigenvalue weighted by Crippen LogP contribution is -2.35. The fourth-order valence-corrected chi connectivity index (χ4v) is 4.04. The second-order valence-corrected chi connectivity index (χ2v) is 6.96. The number of anilines is 1. The van der Waals surface area contributed by atoms with Gasteiger partial charge in [0, 0.05) is 13.1 Å². The van der Waals surface area contributed by atoms with Gasteiger partial charge < -0.3 is 10.0 Å². The number of hydrogen-bond donors (Lipinski definition) is 1. The van der Waals surface area contributed by atoms with Crippen LogP contribution in [0.4, 0.5) is 5.82 Å². The summed E-state index contributed by atoms with van der Waals surface area (Å²) in [5.41, 5.74) is -0.892. The van der Waals surface area contributed by atoms with Crippen molar-refractivity contribution in [3.8, 4) is 0 Å². The molecule has 1 aromatic heterocycles. The van der Waals surface area contributed by atoms with Crippen LogP contribution in [0.15, 0.2) is 10.2 Å². The number of thioether (sulfide) groups is 2. The molecule has 1 fully saturated rings. The molecule has 0 aromatic carbocycles. The Balaban J connectivity index is 2.13. The Hall–Kier alpha value is -0.790. The van der Waals surface area contributed by atoms with Gasteiger partial charge in [-0.3, -0.25) is 4.79 Å². The summed E-state index contributed by atoms with van der Waals surface area (Å²) in [7, 11) is 0. The predicted octanol–water partition coefficient (Wildman–Crippen LogP) is 2.03. The molecular formula is C13H17N3O2S2. The summed E-state index contributed by atoms with van der Waals surface area (Å²) in [5.74, 6) is 0.738. The lowest BCUT2D eigenvalue weighted by molar-refractivity contribution is -0.126. The summed E-state index contributed by atoms with van der Waals surface area (Å²) in [4.78, 5) is 23.1. The quantitative estimate of drug-likeness (QED) is 0.509. The van der Waals surface area contributed by atoms with Crippen molar-refractivity contribution < 1.29 is 9.90 Å². The fraction of sp³-hybridized carbons (Fsp3) is 0.615. The summed E-state index contributed by atoms with van der Waals surface area (Å²) in [5, 5.41) is 11.5. The zero-order chi connectivity index (χ0) is 14.3. The normalized spacial score (nSPS) is 25.9. The third-order valence-corrected chi connectivity index (χ3v) is 5.37. The first-order valence-electron chi connectivity index (χ1n) is 6.70. The summed E-state index contributed by atoms with van der Waals surface area (Å²) in [6.07, 6.45) is 5.39. The lowest BCUT2D eigenvalue weighted by Gasteiger charge is -2.31. The Kier molecular flexibility index (Phi) is 3.68. The molecule has 1 saturated heterocycles. The highest BCUT2D eigenvalue weighted by molar-refractivity contribution is 8.14. The Morgan fingerprint density at radius 2 is 2.00 bits per heavy atom. The van der Waals surface area contributed by atoms with Crippen LogP contribution < -0.4 is 4.90 Å². The van der Waals surface area contributed by atoms with Gasteiger partial charge in [0.1, 0.15) is 10.8 Å². The van der Waals surface area contributed by atoms with Crippen molar-refractivity contribution in [2.45, 2.75) is 42.0 Å². The maximum absolute atomic E-state index is 12.0. The van der Waals surface area contributed by atoms with Gasteiger partial charge in [-0.25, -0.2) is 9.97 Å². The van der Waals surface area contributed by atoms with Gasteiger partial charge in [-0.15, -0.1) is 0 Å². The lowest BCUT2D eigenvalue weighted by atomic mass is 9.99. The smallest absolute Gasteiger partial charge is 0.231 e. The van der Waals surface area contributed by atoms with Crippen LogP contribution in [0.1, 0.15) is 31.7 Å². The maximum atomic E-state index is 12.0. The largest absolute Gasteiger partial charge is 0.376 e. The van der Waals surface area contributed by atoms with E-state index >= 15 is 0 Å². The number of aliphatic hydroxyl groups is 1. The Morgan fingerprint density at radius 1 is 1.30 bits per heavy atom. The summed E-state index contributed by atoms with van der Waals surface area (Å²) in [6, 6.07) is 0. The van der Waals surface area contributed by atoms with Crippen LogP contribution in [-0.4, -0.2) is 39.5 Å². The van der Waals surface area contributed by atoms with Crippen LogP contribution in [0.25, 0.3) is 0 Å². The molecule has 0 radical (unpaired) electrons. The molecule has 0 amide bonds. The van der Waals surface area contributed by atoms with Crippen molar-refractivity contribution in [2.24, 2.45) is 0 Å². The predicted molar refractivity (Wildman–Crippen MR) is 80.3 cm³/mol. The average molecular weight is 311 g/mol. The molecule has 0 bridgehead atoms. The monoisotopic (exact) mass is 311 g/mol. The highest BCUT2D eigenvalue weighted by atomic mass is 32.2. The molecule has 0 spiro atoms. The number of hydrogen-bond acceptors (Lipinski definition) is 7. The van der Waals surface area contributed by atoms with Gasteiger partial charge in [0.05, 0.1) is 5.56 Å². The second kappa shape index (κ2) is 5.20. The first-order chi connectivity index (χ1) is 9.54. The van der Waals surface area contributed by atoms with Crippen molar-refractivity contribution in [1.82, 2.24) is 9.97 Å². The molecule has 0 saturated carbocycles. The van der Waals surface area contributed by atoms with Gasteiger partial charge in [0.2, 0.25) is 5.12 Å². The third kappa shape index (κ3) is 2.21. The highest BCUT2D eigenvalue weighted by Crippen LogP contribution is 2.47. The second-order valence-electron chi connectivity index (χ2n) is 5.22. The van der Waals surface area contributed by atoms with Crippen molar-refractivity contribution in [2.75, 3.05) is 24.2 Å². The van der Waals surface area contributed by atoms with E-state index in [-0.39, 0.29) is 5.12 Å². The van der Waals surface area contributed by atoms with Crippen LogP contribution in [0.3, 0.4) is 0 Å². The zero-order valence-electron chi connectivity index (χ0n) is 11.5. The molecule has 20 heavy (non-hydrogen) atoms. The minimum absolute atomic E-state index is 0.265. The van der Waals surface area contributed by atoms with E-state index < -0.39 is 5.60 Å². The van der Waals surface area contributed by atoms with Crippen molar-refractivity contribution in [1.29, 1.82) is 0 Å². The van der Waals surface area contributed by atoms with Crippen LogP contribution in [-0.2, 0) is 10.4 Å². The number of rotatable bonds is 2. The van der Waals surface area contributed by atoms with Crippen LogP contribution in [0.2, 0.25) is 0 Å². The molecule has 1 atom stereocenters. The van der Waals surface area contributed by atoms with E-state index in [1.807, 2.05) is 6.26 Å². The van der Waals surface area contributed by atoms with E-state index in [9.17, 15) is 9.90 Å². The minimum Gasteiger partial charge on any atom is -0.376 e. The number of aromatic nitrogens is 2. The molecule has 3 rings (SSSR count). The van der Waals surface area contributed by atoms with Gasteiger partial charge in [-0.05, 0) is 44.2 Å². The Labute approximate surface area is 126 Å². The van der Waals surface area contributed by atoms with E-state index in [1.54, 1.807) is 6.92 Å². The number of fused-ring (bicyclic) bond motifs is 1. The van der Waals surface area contributed by atoms with Gasteiger partial charge in [0.15, 0.2) is 10.8 Å². The molecule has 2 aliphatic rings. The zero-order valence-corrected chi connectivity index (χ0v) is 13.2. The Bertz CT molecular complexity index is 557. The summed E-state index contributed by atoms with van der Waals surface area (Å²) in [6.45, 7) is 3.39. The molecular weight excluding hydrogens is 294 g/mol. The third-order valence-electron chi connectivity index (χ3n) is 3.75. The number of carbonyl (C=O) groups is 1. The minimum atomic E-state index is -1.48. The van der Waals surface area contributed by atoms with Gasteiger partial charge in [-0.1, -0.05) is 11.8 Å². The number of nitrogens with zero attached hydrogens (tertiary/aromatic N) is 3. The molecule has 2 aliphatic heterocycles. The van der Waals surface area contributed by atoms with E-state index in [2.05, 4.69) is 14.9 Å². The van der Waals surface area contributed by atoms with Gasteiger partial charge in [0.25, 0.3) is 0 Å². The van der Waals surface area contributed by atoms with Crippen molar-refractivity contribution in [3.05, 3.63) is 5.56 Å². The average Bonchev–Trinajstić information content (AvgIpc) is 2.69. The van der Waals surface area contributed by atoms with Crippen LogP contribution in [0, 0.1) is 0 Å².